The molecule has 58 valence electrons. The van der Waals surface area contributed by atoms with Gasteiger partial charge in [0.1, 0.15) is 5.75 Å². The van der Waals surface area contributed by atoms with Crippen LogP contribution in [0.15, 0.2) is 23.4 Å². The first-order valence-electron chi connectivity index (χ1n) is 2.90. The summed E-state index contributed by atoms with van der Waals surface area (Å²) in [5.41, 5.74) is 0.316. The number of hydrogen-bond donors (Lipinski definition) is 2. The molecule has 0 atom stereocenters. The highest BCUT2D eigenvalue weighted by Crippen LogP contribution is 2.22. The smallest absolute Gasteiger partial charge is 0.125 e. The first-order chi connectivity index (χ1) is 5.25. The van der Waals surface area contributed by atoms with Crippen LogP contribution >= 0.6 is 11.6 Å². The van der Waals surface area contributed by atoms with Gasteiger partial charge in [0, 0.05) is 0 Å². The molecule has 2 N–H and O–H groups in total. The molecule has 0 aliphatic rings. The van der Waals surface area contributed by atoms with Crippen molar-refractivity contribution in [3.63, 3.8) is 0 Å². The normalized spacial score (nSPS) is 10.6. The maximum atomic E-state index is 9.14. The predicted octanol–water partition coefficient (Wildman–Crippen LogP) is 1.85. The van der Waals surface area contributed by atoms with Crippen molar-refractivity contribution in [1.82, 2.24) is 0 Å². The first-order valence-corrected chi connectivity index (χ1v) is 3.28. The molecular weight excluding hydrogens is 166 g/mol. The van der Waals surface area contributed by atoms with E-state index in [2.05, 4.69) is 5.16 Å². The van der Waals surface area contributed by atoms with Crippen molar-refractivity contribution in [3.8, 4) is 5.75 Å². The summed E-state index contributed by atoms with van der Waals surface area (Å²) >= 11 is 5.65. The van der Waals surface area contributed by atoms with Gasteiger partial charge in [0.05, 0.1) is 16.8 Å². The molecule has 0 amide bonds. The van der Waals surface area contributed by atoms with Gasteiger partial charge in [-0.05, 0) is 12.1 Å². The van der Waals surface area contributed by atoms with Crippen LogP contribution in [-0.4, -0.2) is 16.5 Å². The van der Waals surface area contributed by atoms with Crippen LogP contribution in [0, 0.1) is 0 Å². The van der Waals surface area contributed by atoms with Gasteiger partial charge in [-0.2, -0.15) is 0 Å². The van der Waals surface area contributed by atoms with E-state index in [4.69, 9.17) is 21.9 Å². The number of hydrogen-bond acceptors (Lipinski definition) is 3. The minimum Gasteiger partial charge on any atom is -0.507 e. The molecular formula is C7H6ClNO2. The topological polar surface area (TPSA) is 52.8 Å². The minimum absolute atomic E-state index is 0.00435. The van der Waals surface area contributed by atoms with Crippen LogP contribution in [0.25, 0.3) is 0 Å². The van der Waals surface area contributed by atoms with Gasteiger partial charge in [0.2, 0.25) is 0 Å². The van der Waals surface area contributed by atoms with Crippen LogP contribution in [0.3, 0.4) is 0 Å². The van der Waals surface area contributed by atoms with E-state index < -0.39 is 0 Å². The zero-order valence-electron chi connectivity index (χ0n) is 5.53. The molecule has 1 aromatic carbocycles. The average Bonchev–Trinajstić information content (AvgIpc) is 1.97. The van der Waals surface area contributed by atoms with Crippen LogP contribution in [0.4, 0.5) is 0 Å². The quantitative estimate of drug-likeness (QED) is 0.385. The van der Waals surface area contributed by atoms with Crippen molar-refractivity contribution in [1.29, 1.82) is 0 Å². The Morgan fingerprint density at radius 1 is 1.45 bits per heavy atom. The fourth-order valence-corrected chi connectivity index (χ4v) is 0.930. The molecule has 0 unspecified atom stereocenters. The van der Waals surface area contributed by atoms with E-state index in [1.54, 1.807) is 12.1 Å². The summed E-state index contributed by atoms with van der Waals surface area (Å²) in [5, 5.41) is 20.4. The fourth-order valence-electron chi connectivity index (χ4n) is 0.711. The van der Waals surface area contributed by atoms with Gasteiger partial charge < -0.3 is 10.3 Å². The molecule has 11 heavy (non-hydrogen) atoms. The van der Waals surface area contributed by atoms with E-state index in [9.17, 15) is 0 Å². The van der Waals surface area contributed by atoms with Crippen LogP contribution in [0.2, 0.25) is 5.02 Å². The average molecular weight is 172 g/mol. The van der Waals surface area contributed by atoms with Crippen LogP contribution < -0.4 is 0 Å². The number of benzene rings is 1. The summed E-state index contributed by atoms with van der Waals surface area (Å²) in [4.78, 5) is 0. The number of oxime groups is 1. The van der Waals surface area contributed by atoms with E-state index in [0.29, 0.717) is 10.6 Å². The lowest BCUT2D eigenvalue weighted by Gasteiger charge is -1.98. The third-order valence-corrected chi connectivity index (χ3v) is 1.55. The molecule has 3 nitrogen and oxygen atoms in total. The zero-order valence-corrected chi connectivity index (χ0v) is 6.28. The van der Waals surface area contributed by atoms with E-state index in [1.807, 2.05) is 0 Å². The number of nitrogens with zero attached hydrogens (tertiary/aromatic N) is 1. The SMILES string of the molecule is ON=Cc1c(O)cccc1Cl. The van der Waals surface area contributed by atoms with Gasteiger partial charge in [0.25, 0.3) is 0 Å². The van der Waals surface area contributed by atoms with Crippen molar-refractivity contribution in [2.45, 2.75) is 0 Å². The Kier molecular flexibility index (Phi) is 2.33. The van der Waals surface area contributed by atoms with Crippen LogP contribution in [0.5, 0.6) is 5.75 Å². The number of phenols is 1. The number of aromatic hydroxyl groups is 1. The van der Waals surface area contributed by atoms with E-state index in [0.717, 1.165) is 6.21 Å². The maximum Gasteiger partial charge on any atom is 0.125 e. The van der Waals surface area contributed by atoms with Gasteiger partial charge in [-0.1, -0.05) is 22.8 Å². The molecule has 1 rings (SSSR count). The summed E-state index contributed by atoms with van der Waals surface area (Å²) in [6.07, 6.45) is 1.08. The Bertz CT molecular complexity index is 266. The second kappa shape index (κ2) is 3.25. The summed E-state index contributed by atoms with van der Waals surface area (Å²) in [6, 6.07) is 4.66. The van der Waals surface area contributed by atoms with E-state index >= 15 is 0 Å². The molecule has 0 saturated carbocycles. The lowest BCUT2D eigenvalue weighted by molar-refractivity contribution is 0.321. The fraction of sp³-hybridized carbons (Fsp3) is 0. The Morgan fingerprint density at radius 2 is 2.18 bits per heavy atom. The Balaban J connectivity index is 3.20. The highest BCUT2D eigenvalue weighted by atomic mass is 35.5. The number of rotatable bonds is 1. The van der Waals surface area contributed by atoms with Gasteiger partial charge in [-0.15, -0.1) is 0 Å². The van der Waals surface area contributed by atoms with Crippen molar-refractivity contribution < 1.29 is 10.3 Å². The lowest BCUT2D eigenvalue weighted by atomic mass is 10.2. The molecule has 0 fully saturated rings. The third kappa shape index (κ3) is 1.62. The van der Waals surface area contributed by atoms with Crippen LogP contribution in [0.1, 0.15) is 5.56 Å². The van der Waals surface area contributed by atoms with Crippen molar-refractivity contribution >= 4 is 17.8 Å². The van der Waals surface area contributed by atoms with Crippen molar-refractivity contribution in [3.05, 3.63) is 28.8 Å². The minimum atomic E-state index is -0.00435. The Labute approximate surface area is 68.5 Å². The molecule has 0 aromatic heterocycles. The second-order valence-electron chi connectivity index (χ2n) is 1.92. The summed E-state index contributed by atoms with van der Waals surface area (Å²) < 4.78 is 0. The zero-order chi connectivity index (χ0) is 8.27. The number of halogens is 1. The lowest BCUT2D eigenvalue weighted by Crippen LogP contribution is -1.83. The molecule has 0 saturated heterocycles. The van der Waals surface area contributed by atoms with Gasteiger partial charge in [0.15, 0.2) is 0 Å². The van der Waals surface area contributed by atoms with Gasteiger partial charge in [-0.25, -0.2) is 0 Å². The predicted molar refractivity (Wildman–Crippen MR) is 42.5 cm³/mol. The van der Waals surface area contributed by atoms with Crippen molar-refractivity contribution in [2.24, 2.45) is 5.16 Å². The van der Waals surface area contributed by atoms with E-state index in [1.165, 1.54) is 6.07 Å². The summed E-state index contributed by atoms with van der Waals surface area (Å²) in [5.74, 6) is -0.00435. The molecule has 0 spiro atoms. The van der Waals surface area contributed by atoms with Crippen LogP contribution in [-0.2, 0) is 0 Å². The monoisotopic (exact) mass is 171 g/mol. The third-order valence-electron chi connectivity index (χ3n) is 1.22. The highest BCUT2D eigenvalue weighted by molar-refractivity contribution is 6.33. The van der Waals surface area contributed by atoms with Gasteiger partial charge in [-0.3, -0.25) is 0 Å². The highest BCUT2D eigenvalue weighted by Gasteiger charge is 2.01. The first kappa shape index (κ1) is 7.88. The van der Waals surface area contributed by atoms with E-state index in [-0.39, 0.29) is 5.75 Å². The van der Waals surface area contributed by atoms with Crippen molar-refractivity contribution in [2.75, 3.05) is 0 Å². The molecule has 0 radical (unpaired) electrons. The maximum absolute atomic E-state index is 9.14. The number of phenolic OH excluding ortho intramolecular Hbond substituents is 1. The van der Waals surface area contributed by atoms with Gasteiger partial charge >= 0.3 is 0 Å². The standard InChI is InChI=1S/C7H6ClNO2/c8-6-2-1-3-7(10)5(6)4-9-11/h1-4,10-11H. The Morgan fingerprint density at radius 3 is 2.73 bits per heavy atom. The molecule has 1 aromatic rings. The summed E-state index contributed by atoms with van der Waals surface area (Å²) in [6.45, 7) is 0. The second-order valence-corrected chi connectivity index (χ2v) is 2.32. The molecule has 0 bridgehead atoms. The molecule has 4 heteroatoms. The summed E-state index contributed by atoms with van der Waals surface area (Å²) in [7, 11) is 0. The molecule has 0 aliphatic heterocycles. The Hall–Kier alpha value is -1.22. The largest absolute Gasteiger partial charge is 0.507 e. The molecule has 0 aliphatic carbocycles. The molecule has 0 heterocycles.